The number of sulfonamides is 1. The van der Waals surface area contributed by atoms with E-state index in [1.807, 2.05) is 32.0 Å². The van der Waals surface area contributed by atoms with E-state index in [9.17, 15) is 18.0 Å². The van der Waals surface area contributed by atoms with Crippen molar-refractivity contribution in [3.8, 4) is 0 Å². The van der Waals surface area contributed by atoms with Gasteiger partial charge in [-0.3, -0.25) is 9.59 Å². The number of hydrogen-bond donors (Lipinski definition) is 1. The summed E-state index contributed by atoms with van der Waals surface area (Å²) in [5.41, 5.74) is 1.52. The number of hydrogen-bond acceptors (Lipinski definition) is 4. The molecule has 0 radical (unpaired) electrons. The number of amides is 2. The van der Waals surface area contributed by atoms with Crippen LogP contribution in [0, 0.1) is 0 Å². The fourth-order valence-electron chi connectivity index (χ4n) is 3.51. The van der Waals surface area contributed by atoms with E-state index in [1.54, 1.807) is 11.0 Å². The number of benzene rings is 1. The van der Waals surface area contributed by atoms with Crippen LogP contribution in [-0.4, -0.2) is 54.3 Å². The molecule has 1 heterocycles. The molecule has 28 heavy (non-hydrogen) atoms. The van der Waals surface area contributed by atoms with Crippen molar-refractivity contribution in [2.75, 3.05) is 24.2 Å². The minimum atomic E-state index is -3.43. The van der Waals surface area contributed by atoms with Crippen molar-refractivity contribution in [1.29, 1.82) is 0 Å². The van der Waals surface area contributed by atoms with Gasteiger partial charge in [0.2, 0.25) is 21.8 Å². The Morgan fingerprint density at radius 3 is 2.64 bits per heavy atom. The fourth-order valence-corrected chi connectivity index (χ4v) is 5.26. The highest BCUT2D eigenvalue weighted by Gasteiger charge is 2.36. The summed E-state index contributed by atoms with van der Waals surface area (Å²) in [6, 6.07) is 6.67. The summed E-state index contributed by atoms with van der Waals surface area (Å²) in [5, 5.41) is 2.87. The van der Waals surface area contributed by atoms with Crippen molar-refractivity contribution in [2.45, 2.75) is 59.0 Å². The summed E-state index contributed by atoms with van der Waals surface area (Å²) in [6.07, 6.45) is 2.67. The van der Waals surface area contributed by atoms with E-state index in [0.717, 1.165) is 18.4 Å². The molecule has 1 fully saturated rings. The average Bonchev–Trinajstić information content (AvgIpc) is 2.66. The van der Waals surface area contributed by atoms with Crippen LogP contribution in [0.1, 0.15) is 52.0 Å². The minimum Gasteiger partial charge on any atom is -0.339 e. The Balaban J connectivity index is 2.12. The fraction of sp³-hybridized carbons (Fsp3) is 0.600. The van der Waals surface area contributed by atoms with Gasteiger partial charge >= 0.3 is 0 Å². The van der Waals surface area contributed by atoms with Crippen molar-refractivity contribution < 1.29 is 18.0 Å². The van der Waals surface area contributed by atoms with Gasteiger partial charge in [0.05, 0.1) is 5.75 Å². The monoisotopic (exact) mass is 409 g/mol. The van der Waals surface area contributed by atoms with Crippen LogP contribution < -0.4 is 5.32 Å². The largest absolute Gasteiger partial charge is 0.339 e. The maximum atomic E-state index is 12.8. The van der Waals surface area contributed by atoms with Gasteiger partial charge in [0.25, 0.3) is 0 Å². The molecule has 1 unspecified atom stereocenters. The molecule has 8 heteroatoms. The van der Waals surface area contributed by atoms with Gasteiger partial charge in [0, 0.05) is 32.2 Å². The van der Waals surface area contributed by atoms with Crippen molar-refractivity contribution in [2.24, 2.45) is 0 Å². The molecule has 1 aromatic carbocycles. The van der Waals surface area contributed by atoms with Crippen LogP contribution in [0.2, 0.25) is 0 Å². The predicted molar refractivity (Wildman–Crippen MR) is 110 cm³/mol. The first kappa shape index (κ1) is 22.4. The molecule has 0 bridgehead atoms. The maximum Gasteiger partial charge on any atom is 0.242 e. The number of piperidine rings is 1. The Labute approximate surface area is 168 Å². The van der Waals surface area contributed by atoms with Gasteiger partial charge in [-0.15, -0.1) is 0 Å². The van der Waals surface area contributed by atoms with Crippen LogP contribution in [0.5, 0.6) is 0 Å². The zero-order valence-electron chi connectivity index (χ0n) is 17.0. The Morgan fingerprint density at radius 1 is 1.25 bits per heavy atom. The highest BCUT2D eigenvalue weighted by atomic mass is 32.2. The quantitative estimate of drug-likeness (QED) is 0.715. The lowest BCUT2D eigenvalue weighted by Gasteiger charge is -2.33. The van der Waals surface area contributed by atoms with Crippen molar-refractivity contribution in [3.05, 3.63) is 29.8 Å². The molecule has 2 rings (SSSR count). The van der Waals surface area contributed by atoms with Crippen molar-refractivity contribution >= 4 is 27.5 Å². The van der Waals surface area contributed by atoms with Gasteiger partial charge in [-0.05, 0) is 43.9 Å². The lowest BCUT2D eigenvalue weighted by molar-refractivity contribution is -0.129. The zero-order chi connectivity index (χ0) is 20.7. The third-order valence-electron chi connectivity index (χ3n) is 4.97. The number of nitrogens with one attached hydrogen (secondary N) is 1. The first-order valence-corrected chi connectivity index (χ1v) is 11.5. The number of carbonyl (C=O) groups excluding carboxylic acids is 2. The van der Waals surface area contributed by atoms with Gasteiger partial charge in [-0.1, -0.05) is 25.5 Å². The summed E-state index contributed by atoms with van der Waals surface area (Å²) in [7, 11) is -3.43. The molecule has 1 N–H and O–H groups in total. The van der Waals surface area contributed by atoms with E-state index in [2.05, 4.69) is 5.32 Å². The van der Waals surface area contributed by atoms with Gasteiger partial charge in [0.15, 0.2) is 0 Å². The Kier molecular flexibility index (Phi) is 8.00. The molecular weight excluding hydrogens is 378 g/mol. The second kappa shape index (κ2) is 10.0. The number of nitrogens with zero attached hydrogens (tertiary/aromatic N) is 2. The van der Waals surface area contributed by atoms with Crippen LogP contribution in [0.25, 0.3) is 0 Å². The lowest BCUT2D eigenvalue weighted by Crippen LogP contribution is -2.50. The normalized spacial score (nSPS) is 17.9. The predicted octanol–water partition coefficient (Wildman–Crippen LogP) is 2.59. The number of rotatable bonds is 8. The summed E-state index contributed by atoms with van der Waals surface area (Å²) in [5.74, 6) is -0.240. The average molecular weight is 410 g/mol. The van der Waals surface area contributed by atoms with Crippen molar-refractivity contribution in [3.63, 3.8) is 0 Å². The molecule has 0 aliphatic carbocycles. The first-order valence-electron chi connectivity index (χ1n) is 9.93. The summed E-state index contributed by atoms with van der Waals surface area (Å²) in [4.78, 5) is 26.2. The summed E-state index contributed by atoms with van der Waals surface area (Å²) >= 11 is 0. The topological polar surface area (TPSA) is 86.8 Å². The highest BCUT2D eigenvalue weighted by Crippen LogP contribution is 2.23. The second-order valence-corrected chi connectivity index (χ2v) is 9.20. The van der Waals surface area contributed by atoms with Crippen LogP contribution >= 0.6 is 0 Å². The molecular formula is C20H31N3O4S. The van der Waals surface area contributed by atoms with Crippen LogP contribution in [0.4, 0.5) is 5.69 Å². The maximum absolute atomic E-state index is 12.8. The first-order chi connectivity index (χ1) is 13.3. The molecule has 0 spiro atoms. The smallest absolute Gasteiger partial charge is 0.242 e. The molecule has 2 amide bonds. The highest BCUT2D eigenvalue weighted by molar-refractivity contribution is 7.89. The number of anilines is 1. The third-order valence-corrected chi connectivity index (χ3v) is 7.05. The van der Waals surface area contributed by atoms with E-state index >= 15 is 0 Å². The van der Waals surface area contributed by atoms with Crippen LogP contribution in [-0.2, 0) is 26.2 Å². The standard InChI is InChI=1S/C20H31N3O4S/c1-4-13-28(26,27)23-12-7-6-11-19(23)20(25)21-18-10-8-9-17(14-18)15-22(5-2)16(3)24/h8-10,14,19H,4-7,11-13,15H2,1-3H3,(H,21,25). The Bertz CT molecular complexity index is 794. The minimum absolute atomic E-state index is 0.00378. The molecule has 1 atom stereocenters. The third kappa shape index (κ3) is 5.78. The molecule has 1 saturated heterocycles. The van der Waals surface area contributed by atoms with E-state index in [-0.39, 0.29) is 17.6 Å². The molecule has 0 saturated carbocycles. The molecule has 7 nitrogen and oxygen atoms in total. The molecule has 1 aliphatic heterocycles. The summed E-state index contributed by atoms with van der Waals surface area (Å²) in [6.45, 7) is 6.74. The zero-order valence-corrected chi connectivity index (χ0v) is 17.8. The van der Waals surface area contributed by atoms with Gasteiger partial charge in [-0.2, -0.15) is 4.31 Å². The van der Waals surface area contributed by atoms with Gasteiger partial charge in [0.1, 0.15) is 6.04 Å². The Morgan fingerprint density at radius 2 is 2.00 bits per heavy atom. The van der Waals surface area contributed by atoms with Gasteiger partial charge < -0.3 is 10.2 Å². The van der Waals surface area contributed by atoms with Gasteiger partial charge in [-0.25, -0.2) is 8.42 Å². The second-order valence-electron chi connectivity index (χ2n) is 7.16. The van der Waals surface area contributed by atoms with E-state index < -0.39 is 16.1 Å². The number of carbonyl (C=O) groups is 2. The molecule has 1 aromatic rings. The SMILES string of the molecule is CCCS(=O)(=O)N1CCCCC1C(=O)Nc1cccc(CN(CC)C(C)=O)c1. The van der Waals surface area contributed by atoms with E-state index in [4.69, 9.17) is 0 Å². The molecule has 0 aromatic heterocycles. The van der Waals surface area contributed by atoms with E-state index in [0.29, 0.717) is 38.2 Å². The molecule has 1 aliphatic rings. The van der Waals surface area contributed by atoms with E-state index in [1.165, 1.54) is 11.2 Å². The summed E-state index contributed by atoms with van der Waals surface area (Å²) < 4.78 is 26.4. The van der Waals surface area contributed by atoms with Crippen molar-refractivity contribution in [1.82, 2.24) is 9.21 Å². The Hall–Kier alpha value is -1.93. The lowest BCUT2D eigenvalue weighted by atomic mass is 10.0. The van der Waals surface area contributed by atoms with Crippen LogP contribution in [0.15, 0.2) is 24.3 Å². The molecule has 156 valence electrons. The van der Waals surface area contributed by atoms with Crippen LogP contribution in [0.3, 0.4) is 0 Å².